The van der Waals surface area contributed by atoms with Crippen LogP contribution in [0.1, 0.15) is 21.6 Å². The Hall–Kier alpha value is -3.28. The largest absolute Gasteiger partial charge is 0.497 e. The highest BCUT2D eigenvalue weighted by Gasteiger charge is 2.14. The molecule has 4 rings (SSSR count). The molecule has 0 aliphatic carbocycles. The molecule has 162 valence electrons. The summed E-state index contributed by atoms with van der Waals surface area (Å²) in [5, 5.41) is 4.57. The number of ether oxygens (including phenoxy) is 2. The van der Waals surface area contributed by atoms with Gasteiger partial charge in [-0.3, -0.25) is 4.79 Å². The van der Waals surface area contributed by atoms with Crippen LogP contribution in [0.3, 0.4) is 0 Å². The van der Waals surface area contributed by atoms with Gasteiger partial charge in [0.15, 0.2) is 5.75 Å². The summed E-state index contributed by atoms with van der Waals surface area (Å²) in [5.74, 6) is 1.01. The molecule has 0 fully saturated rings. The van der Waals surface area contributed by atoms with Crippen LogP contribution in [0.2, 0.25) is 10.0 Å². The predicted molar refractivity (Wildman–Crippen MR) is 128 cm³/mol. The number of fused-ring (bicyclic) bond motifs is 1. The second kappa shape index (κ2) is 9.47. The Bertz CT molecular complexity index is 1270. The first-order valence-corrected chi connectivity index (χ1v) is 10.6. The van der Waals surface area contributed by atoms with Crippen LogP contribution in [0.25, 0.3) is 10.9 Å². The summed E-state index contributed by atoms with van der Waals surface area (Å²) in [6.45, 7) is 2.17. The average Bonchev–Trinajstić information content (AvgIpc) is 2.79. The van der Waals surface area contributed by atoms with Crippen LogP contribution in [0.5, 0.6) is 11.5 Å². The number of nitrogens with zero attached hydrogens (tertiary/aromatic N) is 1. The van der Waals surface area contributed by atoms with E-state index < -0.39 is 0 Å². The van der Waals surface area contributed by atoms with E-state index in [1.54, 1.807) is 49.6 Å². The monoisotopic (exact) mass is 466 g/mol. The Morgan fingerprint density at radius 3 is 2.38 bits per heavy atom. The maximum absolute atomic E-state index is 12.5. The van der Waals surface area contributed by atoms with Crippen molar-refractivity contribution in [2.45, 2.75) is 13.5 Å². The third-order valence-corrected chi connectivity index (χ3v) is 5.52. The molecule has 32 heavy (non-hydrogen) atoms. The van der Waals surface area contributed by atoms with Crippen LogP contribution >= 0.6 is 23.2 Å². The number of aromatic nitrogens is 1. The lowest BCUT2D eigenvalue weighted by atomic mass is 10.1. The van der Waals surface area contributed by atoms with Crippen molar-refractivity contribution < 1.29 is 14.3 Å². The van der Waals surface area contributed by atoms with E-state index in [2.05, 4.69) is 10.3 Å². The molecule has 0 saturated heterocycles. The first kappa shape index (κ1) is 21.9. The van der Waals surface area contributed by atoms with Crippen molar-refractivity contribution in [3.63, 3.8) is 0 Å². The third kappa shape index (κ3) is 4.79. The first-order valence-electron chi connectivity index (χ1n) is 9.87. The Morgan fingerprint density at radius 2 is 1.69 bits per heavy atom. The SMILES string of the molecule is COc1ccc(NC(=O)c2ccc(COc3c(Cl)cc(Cl)c4ccc(C)nc34)cc2)cc1. The van der Waals surface area contributed by atoms with E-state index in [1.165, 1.54) is 0 Å². The molecule has 7 heteroatoms. The molecule has 1 amide bonds. The Kier molecular flexibility index (Phi) is 6.49. The van der Waals surface area contributed by atoms with Crippen molar-refractivity contribution in [2.24, 2.45) is 0 Å². The lowest BCUT2D eigenvalue weighted by Crippen LogP contribution is -2.11. The minimum Gasteiger partial charge on any atom is -0.497 e. The minimum absolute atomic E-state index is 0.200. The molecule has 0 aliphatic heterocycles. The van der Waals surface area contributed by atoms with Crippen LogP contribution in [0, 0.1) is 6.92 Å². The normalized spacial score (nSPS) is 10.8. The highest BCUT2D eigenvalue weighted by atomic mass is 35.5. The van der Waals surface area contributed by atoms with E-state index >= 15 is 0 Å². The summed E-state index contributed by atoms with van der Waals surface area (Å²) in [4.78, 5) is 17.0. The number of halogens is 2. The summed E-state index contributed by atoms with van der Waals surface area (Å²) in [5.41, 5.74) is 3.58. The van der Waals surface area contributed by atoms with Crippen molar-refractivity contribution in [1.29, 1.82) is 0 Å². The van der Waals surface area contributed by atoms with Crippen LogP contribution in [0.4, 0.5) is 5.69 Å². The molecule has 0 unspecified atom stereocenters. The number of benzene rings is 3. The number of anilines is 1. The number of hydrogen-bond acceptors (Lipinski definition) is 4. The fourth-order valence-electron chi connectivity index (χ4n) is 3.21. The molecule has 0 saturated carbocycles. The second-order valence-electron chi connectivity index (χ2n) is 7.19. The van der Waals surface area contributed by atoms with E-state index in [4.69, 9.17) is 32.7 Å². The minimum atomic E-state index is -0.200. The highest BCUT2D eigenvalue weighted by Crippen LogP contribution is 2.37. The van der Waals surface area contributed by atoms with Gasteiger partial charge in [-0.15, -0.1) is 0 Å². The zero-order valence-electron chi connectivity index (χ0n) is 17.5. The van der Waals surface area contributed by atoms with Gasteiger partial charge in [0.25, 0.3) is 5.91 Å². The van der Waals surface area contributed by atoms with Crippen LogP contribution in [-0.4, -0.2) is 18.0 Å². The van der Waals surface area contributed by atoms with Gasteiger partial charge in [-0.05, 0) is 67.1 Å². The molecule has 3 aromatic carbocycles. The molecular weight excluding hydrogens is 447 g/mol. The molecule has 1 aromatic heterocycles. The molecule has 0 aliphatic rings. The van der Waals surface area contributed by atoms with Crippen molar-refractivity contribution >= 4 is 45.7 Å². The number of aryl methyl sites for hydroxylation is 1. The van der Waals surface area contributed by atoms with Gasteiger partial charge in [0.2, 0.25) is 0 Å². The molecule has 0 radical (unpaired) electrons. The zero-order valence-corrected chi connectivity index (χ0v) is 19.0. The molecule has 5 nitrogen and oxygen atoms in total. The molecule has 0 bridgehead atoms. The molecule has 1 heterocycles. The van der Waals surface area contributed by atoms with Crippen molar-refractivity contribution in [2.75, 3.05) is 12.4 Å². The number of methoxy groups -OCH3 is 1. The highest BCUT2D eigenvalue weighted by molar-refractivity contribution is 6.39. The first-order chi connectivity index (χ1) is 15.4. The molecule has 0 atom stereocenters. The summed E-state index contributed by atoms with van der Waals surface area (Å²) >= 11 is 12.7. The van der Waals surface area contributed by atoms with E-state index in [0.717, 1.165) is 22.4 Å². The number of hydrogen-bond donors (Lipinski definition) is 1. The smallest absolute Gasteiger partial charge is 0.255 e. The standard InChI is InChI=1S/C25H20Cl2N2O3/c1-15-3-12-20-21(26)13-22(27)24(23(20)28-15)32-14-16-4-6-17(7-5-16)25(30)29-18-8-10-19(31-2)11-9-18/h3-13H,14H2,1-2H3,(H,29,30). The van der Waals surface area contributed by atoms with Crippen LogP contribution in [-0.2, 0) is 6.61 Å². The number of carbonyl (C=O) groups excluding carboxylic acids is 1. The fourth-order valence-corrected chi connectivity index (χ4v) is 3.78. The maximum atomic E-state index is 12.5. The summed E-state index contributed by atoms with van der Waals surface area (Å²) in [6.07, 6.45) is 0. The van der Waals surface area contributed by atoms with Gasteiger partial charge >= 0.3 is 0 Å². The van der Waals surface area contributed by atoms with Crippen molar-refractivity contribution in [3.05, 3.63) is 93.6 Å². The number of carbonyl (C=O) groups is 1. The zero-order chi connectivity index (χ0) is 22.7. The van der Waals surface area contributed by atoms with Crippen LogP contribution < -0.4 is 14.8 Å². The average molecular weight is 467 g/mol. The number of amides is 1. The van der Waals surface area contributed by atoms with Gasteiger partial charge in [0.1, 0.15) is 17.9 Å². The predicted octanol–water partition coefficient (Wildman–Crippen LogP) is 6.69. The number of pyridine rings is 1. The lowest BCUT2D eigenvalue weighted by Gasteiger charge is -2.13. The van der Waals surface area contributed by atoms with E-state index in [1.807, 2.05) is 31.2 Å². The van der Waals surface area contributed by atoms with Gasteiger partial charge < -0.3 is 14.8 Å². The Balaban J connectivity index is 1.46. The van der Waals surface area contributed by atoms with Crippen LogP contribution in [0.15, 0.2) is 66.7 Å². The number of nitrogens with one attached hydrogen (secondary N) is 1. The van der Waals surface area contributed by atoms with E-state index in [9.17, 15) is 4.79 Å². The molecular formula is C25H20Cl2N2O3. The maximum Gasteiger partial charge on any atom is 0.255 e. The van der Waals surface area contributed by atoms with Crippen molar-refractivity contribution in [1.82, 2.24) is 4.98 Å². The van der Waals surface area contributed by atoms with Gasteiger partial charge in [0.05, 0.1) is 17.2 Å². The summed E-state index contributed by atoms with van der Waals surface area (Å²) in [7, 11) is 1.60. The fraction of sp³-hybridized carbons (Fsp3) is 0.120. The molecule has 1 N–H and O–H groups in total. The van der Waals surface area contributed by atoms with Crippen molar-refractivity contribution in [3.8, 4) is 11.5 Å². The third-order valence-electron chi connectivity index (χ3n) is 4.92. The van der Waals surface area contributed by atoms with Gasteiger partial charge in [-0.1, -0.05) is 35.3 Å². The second-order valence-corrected chi connectivity index (χ2v) is 8.00. The van der Waals surface area contributed by atoms with E-state index in [0.29, 0.717) is 32.6 Å². The quantitative estimate of drug-likeness (QED) is 0.343. The Labute approximate surface area is 195 Å². The lowest BCUT2D eigenvalue weighted by molar-refractivity contribution is 0.102. The van der Waals surface area contributed by atoms with Gasteiger partial charge in [-0.25, -0.2) is 4.98 Å². The number of rotatable bonds is 6. The Morgan fingerprint density at radius 1 is 0.969 bits per heavy atom. The van der Waals surface area contributed by atoms with Gasteiger partial charge in [0, 0.05) is 22.3 Å². The summed E-state index contributed by atoms with van der Waals surface area (Å²) < 4.78 is 11.1. The summed E-state index contributed by atoms with van der Waals surface area (Å²) in [6, 6.07) is 19.8. The molecule has 0 spiro atoms. The van der Waals surface area contributed by atoms with E-state index in [-0.39, 0.29) is 12.5 Å². The van der Waals surface area contributed by atoms with Gasteiger partial charge in [-0.2, -0.15) is 0 Å². The topological polar surface area (TPSA) is 60.5 Å². The molecule has 4 aromatic rings.